The van der Waals surface area contributed by atoms with Gasteiger partial charge in [0.2, 0.25) is 0 Å². The smallest absolute Gasteiger partial charge is 0.409 e. The summed E-state index contributed by atoms with van der Waals surface area (Å²) in [6.45, 7) is 4.77. The highest BCUT2D eigenvalue weighted by atomic mass is 35.5. The fraction of sp³-hybridized carbons (Fsp3) is 0.381. The van der Waals surface area contributed by atoms with E-state index in [1.165, 1.54) is 18.4 Å². The molecule has 2 aromatic heterocycles. The number of hydrogen-bond acceptors (Lipinski definition) is 5. The van der Waals surface area contributed by atoms with Gasteiger partial charge in [0.05, 0.1) is 24.2 Å². The Bertz CT molecular complexity index is 1080. The quantitative estimate of drug-likeness (QED) is 0.609. The van der Waals surface area contributed by atoms with Crippen molar-refractivity contribution in [1.29, 1.82) is 0 Å². The maximum Gasteiger partial charge on any atom is 0.409 e. The van der Waals surface area contributed by atoms with Crippen molar-refractivity contribution < 1.29 is 14.3 Å². The SMILES string of the molecule is COC(=O)N1CCCN(C(=O)c2cc3c(C)nn(Cc4ccc(Cl)cc4)c3s2)CC1. The lowest BCUT2D eigenvalue weighted by molar-refractivity contribution is 0.0762. The second-order valence-electron chi connectivity index (χ2n) is 7.30. The number of aryl methyl sites for hydroxylation is 1. The summed E-state index contributed by atoms with van der Waals surface area (Å²) >= 11 is 7.45. The van der Waals surface area contributed by atoms with E-state index in [0.29, 0.717) is 42.6 Å². The van der Waals surface area contributed by atoms with Gasteiger partial charge >= 0.3 is 6.09 Å². The zero-order valence-corrected chi connectivity index (χ0v) is 18.5. The Balaban J connectivity index is 1.54. The Morgan fingerprint density at radius 3 is 2.57 bits per heavy atom. The second-order valence-corrected chi connectivity index (χ2v) is 8.77. The molecule has 0 spiro atoms. The summed E-state index contributed by atoms with van der Waals surface area (Å²) in [5, 5.41) is 6.35. The first-order valence-electron chi connectivity index (χ1n) is 9.80. The van der Waals surface area contributed by atoms with Gasteiger partial charge in [-0.2, -0.15) is 5.10 Å². The zero-order chi connectivity index (χ0) is 21.3. The van der Waals surface area contributed by atoms with E-state index < -0.39 is 0 Å². The van der Waals surface area contributed by atoms with Crippen LogP contribution < -0.4 is 0 Å². The van der Waals surface area contributed by atoms with Crippen LogP contribution in [-0.4, -0.2) is 64.9 Å². The van der Waals surface area contributed by atoms with Crippen LogP contribution in [0.3, 0.4) is 0 Å². The predicted octanol–water partition coefficient (Wildman–Crippen LogP) is 4.02. The summed E-state index contributed by atoms with van der Waals surface area (Å²) in [5.74, 6) is 0.000332. The molecule has 0 N–H and O–H groups in total. The number of halogens is 1. The molecule has 9 heteroatoms. The predicted molar refractivity (Wildman–Crippen MR) is 117 cm³/mol. The minimum Gasteiger partial charge on any atom is -0.453 e. The minimum atomic E-state index is -0.343. The Labute approximate surface area is 183 Å². The highest BCUT2D eigenvalue weighted by molar-refractivity contribution is 7.20. The minimum absolute atomic E-state index is 0.000332. The standard InChI is InChI=1S/C21H23ClN4O3S/c1-14-17-12-18(19(27)24-8-3-9-25(11-10-24)21(28)29-2)30-20(17)26(23-14)13-15-4-6-16(22)7-5-15/h4-7,12H,3,8-11,13H2,1-2H3. The lowest BCUT2D eigenvalue weighted by Gasteiger charge is -2.20. The Kier molecular flexibility index (Phi) is 5.97. The van der Waals surface area contributed by atoms with Gasteiger partial charge in [-0.25, -0.2) is 4.79 Å². The highest BCUT2D eigenvalue weighted by Crippen LogP contribution is 2.30. The molecule has 0 aliphatic carbocycles. The van der Waals surface area contributed by atoms with Gasteiger partial charge in [-0.05, 0) is 37.1 Å². The van der Waals surface area contributed by atoms with Crippen LogP contribution in [0.15, 0.2) is 30.3 Å². The Morgan fingerprint density at radius 1 is 1.13 bits per heavy atom. The van der Waals surface area contributed by atoms with E-state index >= 15 is 0 Å². The van der Waals surface area contributed by atoms with E-state index in [1.54, 1.807) is 4.90 Å². The van der Waals surface area contributed by atoms with Crippen LogP contribution in [0.2, 0.25) is 5.02 Å². The van der Waals surface area contributed by atoms with Crippen LogP contribution in [0.25, 0.3) is 10.2 Å². The molecule has 0 unspecified atom stereocenters. The van der Waals surface area contributed by atoms with Crippen molar-refractivity contribution in [1.82, 2.24) is 19.6 Å². The summed E-state index contributed by atoms with van der Waals surface area (Å²) in [7, 11) is 1.38. The number of carbonyl (C=O) groups is 2. The van der Waals surface area contributed by atoms with Crippen LogP contribution in [0.4, 0.5) is 4.79 Å². The normalized spacial score (nSPS) is 14.8. The van der Waals surface area contributed by atoms with Crippen LogP contribution in [-0.2, 0) is 11.3 Å². The number of hydrogen-bond donors (Lipinski definition) is 0. The van der Waals surface area contributed by atoms with Crippen molar-refractivity contribution in [2.24, 2.45) is 0 Å². The lowest BCUT2D eigenvalue weighted by Crippen LogP contribution is -2.37. The molecule has 1 aliphatic rings. The van der Waals surface area contributed by atoms with Gasteiger partial charge in [-0.1, -0.05) is 23.7 Å². The number of ether oxygens (including phenoxy) is 1. The van der Waals surface area contributed by atoms with E-state index in [4.69, 9.17) is 16.3 Å². The molecule has 0 radical (unpaired) electrons. The van der Waals surface area contributed by atoms with Crippen molar-refractivity contribution in [3.63, 3.8) is 0 Å². The van der Waals surface area contributed by atoms with E-state index in [1.807, 2.05) is 46.8 Å². The molecule has 0 saturated carbocycles. The third-order valence-electron chi connectivity index (χ3n) is 5.28. The number of nitrogens with zero attached hydrogens (tertiary/aromatic N) is 4. The largest absolute Gasteiger partial charge is 0.453 e. The van der Waals surface area contributed by atoms with Gasteiger partial charge in [-0.15, -0.1) is 11.3 Å². The lowest BCUT2D eigenvalue weighted by atomic mass is 10.2. The zero-order valence-electron chi connectivity index (χ0n) is 16.9. The molecule has 0 bridgehead atoms. The van der Waals surface area contributed by atoms with Gasteiger partial charge in [0, 0.05) is 36.6 Å². The summed E-state index contributed by atoms with van der Waals surface area (Å²) < 4.78 is 6.75. The summed E-state index contributed by atoms with van der Waals surface area (Å²) in [5.41, 5.74) is 2.00. The third kappa shape index (κ3) is 4.15. The van der Waals surface area contributed by atoms with E-state index in [-0.39, 0.29) is 12.0 Å². The molecule has 1 saturated heterocycles. The maximum atomic E-state index is 13.1. The molecule has 4 rings (SSSR count). The Morgan fingerprint density at radius 2 is 1.83 bits per heavy atom. The molecule has 1 aliphatic heterocycles. The number of carbonyl (C=O) groups excluding carboxylic acids is 2. The number of fused-ring (bicyclic) bond motifs is 1. The van der Waals surface area contributed by atoms with Crippen molar-refractivity contribution in [3.05, 3.63) is 51.5 Å². The second kappa shape index (κ2) is 8.65. The van der Waals surface area contributed by atoms with E-state index in [9.17, 15) is 9.59 Å². The van der Waals surface area contributed by atoms with Gasteiger partial charge in [0.15, 0.2) is 0 Å². The first kappa shape index (κ1) is 20.7. The summed E-state index contributed by atoms with van der Waals surface area (Å²) in [4.78, 5) is 30.1. The molecule has 0 atom stereocenters. The molecular formula is C21H23ClN4O3S. The molecule has 3 aromatic rings. The Hall–Kier alpha value is -2.58. The summed E-state index contributed by atoms with van der Waals surface area (Å²) in [6.07, 6.45) is 0.388. The highest BCUT2D eigenvalue weighted by Gasteiger charge is 2.25. The van der Waals surface area contributed by atoms with Gasteiger partial charge in [0.1, 0.15) is 4.83 Å². The van der Waals surface area contributed by atoms with E-state index in [2.05, 4.69) is 5.10 Å². The van der Waals surface area contributed by atoms with Crippen LogP contribution in [0.5, 0.6) is 0 Å². The molecule has 30 heavy (non-hydrogen) atoms. The topological polar surface area (TPSA) is 67.7 Å². The molecule has 2 amide bonds. The van der Waals surface area contributed by atoms with Crippen LogP contribution >= 0.6 is 22.9 Å². The van der Waals surface area contributed by atoms with Gasteiger partial charge in [-0.3, -0.25) is 9.48 Å². The summed E-state index contributed by atoms with van der Waals surface area (Å²) in [6, 6.07) is 9.63. The average molecular weight is 447 g/mol. The third-order valence-corrected chi connectivity index (χ3v) is 6.67. The van der Waals surface area contributed by atoms with Crippen molar-refractivity contribution >= 4 is 45.2 Å². The maximum absolute atomic E-state index is 13.1. The number of amides is 2. The number of aromatic nitrogens is 2. The molecule has 1 fully saturated rings. The monoisotopic (exact) mass is 446 g/mol. The first-order valence-corrected chi connectivity index (χ1v) is 11.0. The number of rotatable bonds is 3. The first-order chi connectivity index (χ1) is 14.5. The molecule has 158 valence electrons. The molecule has 7 nitrogen and oxygen atoms in total. The van der Waals surface area contributed by atoms with Crippen LogP contribution in [0.1, 0.15) is 27.3 Å². The number of benzene rings is 1. The van der Waals surface area contributed by atoms with E-state index in [0.717, 1.165) is 27.9 Å². The number of methoxy groups -OCH3 is 1. The fourth-order valence-corrected chi connectivity index (χ4v) is 4.93. The molecule has 3 heterocycles. The van der Waals surface area contributed by atoms with Crippen molar-refractivity contribution in [3.8, 4) is 0 Å². The van der Waals surface area contributed by atoms with Crippen molar-refractivity contribution in [2.45, 2.75) is 19.9 Å². The van der Waals surface area contributed by atoms with Crippen LogP contribution in [0, 0.1) is 6.92 Å². The van der Waals surface area contributed by atoms with Gasteiger partial charge in [0.25, 0.3) is 5.91 Å². The number of thiophene rings is 1. The molecular weight excluding hydrogens is 424 g/mol. The van der Waals surface area contributed by atoms with Crippen molar-refractivity contribution in [2.75, 3.05) is 33.3 Å². The fourth-order valence-electron chi connectivity index (χ4n) is 3.68. The molecule has 1 aromatic carbocycles. The average Bonchev–Trinajstić information content (AvgIpc) is 3.20. The van der Waals surface area contributed by atoms with Gasteiger partial charge < -0.3 is 14.5 Å².